The van der Waals surface area contributed by atoms with E-state index in [1.54, 1.807) is 23.1 Å². The largest absolute Gasteiger partial charge is 0.316 e. The molecule has 0 bridgehead atoms. The number of benzene rings is 1. The van der Waals surface area contributed by atoms with Gasteiger partial charge in [-0.1, -0.05) is 17.7 Å². The molecule has 2 N–H and O–H groups in total. The van der Waals surface area contributed by atoms with E-state index in [0.717, 1.165) is 11.3 Å². The fraction of sp³-hybridized carbons (Fsp3) is 0.182. The maximum atomic E-state index is 11.8. The zero-order chi connectivity index (χ0) is 11.0. The summed E-state index contributed by atoms with van der Waals surface area (Å²) in [6, 6.07) is 4.70. The molecule has 1 amide bonds. The third kappa shape index (κ3) is 1.54. The highest BCUT2D eigenvalue weighted by molar-refractivity contribution is 6.31. The summed E-state index contributed by atoms with van der Waals surface area (Å²) in [5.74, 6) is -0.104. The molecule has 1 atom stereocenters. The van der Waals surface area contributed by atoms with Gasteiger partial charge in [-0.15, -0.1) is 6.58 Å². The summed E-state index contributed by atoms with van der Waals surface area (Å²) >= 11 is 5.86. The zero-order valence-electron chi connectivity index (χ0n) is 8.11. The number of fused-ring (bicyclic) bond motifs is 1. The normalized spacial score (nSPS) is 19.2. The van der Waals surface area contributed by atoms with Crippen molar-refractivity contribution in [3.8, 4) is 0 Å². The van der Waals surface area contributed by atoms with E-state index < -0.39 is 6.04 Å². The number of halogens is 1. The van der Waals surface area contributed by atoms with Gasteiger partial charge in [0.15, 0.2) is 0 Å². The fourth-order valence-corrected chi connectivity index (χ4v) is 1.94. The second-order valence-corrected chi connectivity index (χ2v) is 3.85. The Bertz CT molecular complexity index is 431. The molecule has 0 aromatic heterocycles. The van der Waals surface area contributed by atoms with Crippen LogP contribution in [-0.4, -0.2) is 12.5 Å². The highest BCUT2D eigenvalue weighted by Crippen LogP contribution is 2.35. The lowest BCUT2D eigenvalue weighted by Crippen LogP contribution is -2.31. The molecule has 0 spiro atoms. The van der Waals surface area contributed by atoms with Crippen molar-refractivity contribution in [3.05, 3.63) is 41.4 Å². The van der Waals surface area contributed by atoms with E-state index in [1.165, 1.54) is 0 Å². The third-order valence-electron chi connectivity index (χ3n) is 2.46. The van der Waals surface area contributed by atoms with Crippen molar-refractivity contribution in [2.45, 2.75) is 6.04 Å². The average molecular weight is 223 g/mol. The SMILES string of the molecule is C=CCN1C(=O)[C@@H](N)c2cc(Cl)ccc21. The monoisotopic (exact) mass is 222 g/mol. The van der Waals surface area contributed by atoms with E-state index in [9.17, 15) is 4.79 Å². The average Bonchev–Trinajstić information content (AvgIpc) is 2.44. The predicted molar refractivity (Wildman–Crippen MR) is 60.9 cm³/mol. The number of hydrogen-bond acceptors (Lipinski definition) is 2. The number of nitrogens with zero attached hydrogens (tertiary/aromatic N) is 1. The molecule has 3 nitrogen and oxygen atoms in total. The molecule has 0 aliphatic carbocycles. The van der Waals surface area contributed by atoms with Gasteiger partial charge in [0.05, 0.1) is 0 Å². The van der Waals surface area contributed by atoms with E-state index in [-0.39, 0.29) is 5.91 Å². The number of amides is 1. The van der Waals surface area contributed by atoms with Gasteiger partial charge in [-0.3, -0.25) is 4.79 Å². The summed E-state index contributed by atoms with van der Waals surface area (Å²) in [6.07, 6.45) is 1.67. The van der Waals surface area contributed by atoms with Gasteiger partial charge in [-0.2, -0.15) is 0 Å². The van der Waals surface area contributed by atoms with Gasteiger partial charge in [0, 0.05) is 22.8 Å². The lowest BCUT2D eigenvalue weighted by molar-refractivity contribution is -0.119. The Hall–Kier alpha value is -1.32. The summed E-state index contributed by atoms with van der Waals surface area (Å²) in [5, 5.41) is 0.595. The minimum atomic E-state index is -0.598. The van der Waals surface area contributed by atoms with Crippen LogP contribution in [-0.2, 0) is 4.79 Å². The Balaban J connectivity index is 2.50. The molecular formula is C11H11ClN2O. The first-order valence-corrected chi connectivity index (χ1v) is 5.00. The topological polar surface area (TPSA) is 46.3 Å². The molecule has 78 valence electrons. The van der Waals surface area contributed by atoms with Gasteiger partial charge in [-0.05, 0) is 18.2 Å². The van der Waals surface area contributed by atoms with Crippen molar-refractivity contribution in [1.82, 2.24) is 0 Å². The molecule has 15 heavy (non-hydrogen) atoms. The van der Waals surface area contributed by atoms with Crippen molar-refractivity contribution >= 4 is 23.2 Å². The van der Waals surface area contributed by atoms with Crippen molar-refractivity contribution in [2.75, 3.05) is 11.4 Å². The van der Waals surface area contributed by atoms with Gasteiger partial charge >= 0.3 is 0 Å². The Morgan fingerprint density at radius 1 is 1.60 bits per heavy atom. The Kier molecular flexibility index (Phi) is 2.50. The number of carbonyl (C=O) groups is 1. The van der Waals surface area contributed by atoms with Gasteiger partial charge in [-0.25, -0.2) is 0 Å². The number of hydrogen-bond donors (Lipinski definition) is 1. The molecule has 4 heteroatoms. The zero-order valence-corrected chi connectivity index (χ0v) is 8.87. The van der Waals surface area contributed by atoms with Gasteiger partial charge in [0.1, 0.15) is 6.04 Å². The van der Waals surface area contributed by atoms with Crippen LogP contribution in [0.3, 0.4) is 0 Å². The first-order chi connectivity index (χ1) is 7.15. The van der Waals surface area contributed by atoms with Crippen molar-refractivity contribution in [3.63, 3.8) is 0 Å². The van der Waals surface area contributed by atoms with Gasteiger partial charge in [0.25, 0.3) is 0 Å². The van der Waals surface area contributed by atoms with E-state index >= 15 is 0 Å². The number of nitrogens with two attached hydrogens (primary N) is 1. The maximum absolute atomic E-state index is 11.8. The Morgan fingerprint density at radius 2 is 2.33 bits per heavy atom. The highest BCUT2D eigenvalue weighted by atomic mass is 35.5. The number of rotatable bonds is 2. The minimum Gasteiger partial charge on any atom is -0.316 e. The van der Waals surface area contributed by atoms with Crippen LogP contribution in [0, 0.1) is 0 Å². The molecule has 0 saturated heterocycles. The van der Waals surface area contributed by atoms with E-state index in [1.807, 2.05) is 6.07 Å². The standard InChI is InChI=1S/C11H11ClN2O/c1-2-5-14-9-4-3-7(12)6-8(9)10(13)11(14)15/h2-4,6,10H,1,5,13H2/t10-/m0/s1. The molecule has 1 heterocycles. The molecule has 1 aromatic carbocycles. The van der Waals surface area contributed by atoms with E-state index in [4.69, 9.17) is 17.3 Å². The second kappa shape index (κ2) is 3.68. The smallest absolute Gasteiger partial charge is 0.248 e. The number of anilines is 1. The molecule has 0 radical (unpaired) electrons. The van der Waals surface area contributed by atoms with Crippen LogP contribution in [0.2, 0.25) is 5.02 Å². The minimum absolute atomic E-state index is 0.104. The van der Waals surface area contributed by atoms with Crippen LogP contribution in [0.15, 0.2) is 30.9 Å². The molecule has 0 unspecified atom stereocenters. The fourth-order valence-electron chi connectivity index (χ4n) is 1.76. The third-order valence-corrected chi connectivity index (χ3v) is 2.69. The quantitative estimate of drug-likeness (QED) is 0.777. The summed E-state index contributed by atoms with van der Waals surface area (Å²) in [7, 11) is 0. The number of carbonyl (C=O) groups excluding carboxylic acids is 1. The first kappa shape index (κ1) is 10.2. The van der Waals surface area contributed by atoms with Crippen LogP contribution in [0.1, 0.15) is 11.6 Å². The van der Waals surface area contributed by atoms with Gasteiger partial charge < -0.3 is 10.6 Å². The Labute approximate surface area is 93.1 Å². The van der Waals surface area contributed by atoms with Crippen LogP contribution < -0.4 is 10.6 Å². The lowest BCUT2D eigenvalue weighted by atomic mass is 10.1. The second-order valence-electron chi connectivity index (χ2n) is 3.42. The Morgan fingerprint density at radius 3 is 3.00 bits per heavy atom. The van der Waals surface area contributed by atoms with E-state index in [0.29, 0.717) is 11.6 Å². The van der Waals surface area contributed by atoms with Crippen LogP contribution >= 0.6 is 11.6 Å². The predicted octanol–water partition coefficient (Wildman–Crippen LogP) is 1.87. The van der Waals surface area contributed by atoms with Gasteiger partial charge in [0.2, 0.25) is 5.91 Å². The van der Waals surface area contributed by atoms with E-state index in [2.05, 4.69) is 6.58 Å². The molecule has 0 fully saturated rings. The molecule has 2 rings (SSSR count). The lowest BCUT2D eigenvalue weighted by Gasteiger charge is -2.14. The van der Waals surface area contributed by atoms with Crippen molar-refractivity contribution < 1.29 is 4.79 Å². The maximum Gasteiger partial charge on any atom is 0.248 e. The summed E-state index contributed by atoms with van der Waals surface area (Å²) in [6.45, 7) is 4.09. The molecule has 1 aliphatic heterocycles. The van der Waals surface area contributed by atoms with Crippen LogP contribution in [0.25, 0.3) is 0 Å². The van der Waals surface area contributed by atoms with Crippen LogP contribution in [0.5, 0.6) is 0 Å². The first-order valence-electron chi connectivity index (χ1n) is 4.62. The molecular weight excluding hydrogens is 212 g/mol. The van der Waals surface area contributed by atoms with Crippen LogP contribution in [0.4, 0.5) is 5.69 Å². The molecule has 1 aliphatic rings. The summed E-state index contributed by atoms with van der Waals surface area (Å²) in [5.41, 5.74) is 7.41. The molecule has 1 aromatic rings. The van der Waals surface area contributed by atoms with Crippen molar-refractivity contribution in [1.29, 1.82) is 0 Å². The summed E-state index contributed by atoms with van der Waals surface area (Å²) in [4.78, 5) is 13.4. The molecule has 0 saturated carbocycles. The van der Waals surface area contributed by atoms with Crippen molar-refractivity contribution in [2.24, 2.45) is 5.73 Å². The summed E-state index contributed by atoms with van der Waals surface area (Å²) < 4.78 is 0. The highest BCUT2D eigenvalue weighted by Gasteiger charge is 2.33.